The summed E-state index contributed by atoms with van der Waals surface area (Å²) in [5.41, 5.74) is 1.32. The van der Waals surface area contributed by atoms with E-state index in [-0.39, 0.29) is 29.6 Å². The van der Waals surface area contributed by atoms with Crippen molar-refractivity contribution in [3.63, 3.8) is 0 Å². The average molecular weight is 375 g/mol. The van der Waals surface area contributed by atoms with Crippen LogP contribution < -0.4 is 4.74 Å². The lowest BCUT2D eigenvalue weighted by Gasteiger charge is -2.36. The fourth-order valence-corrected chi connectivity index (χ4v) is 3.31. The van der Waals surface area contributed by atoms with Gasteiger partial charge in [-0.05, 0) is 18.4 Å². The van der Waals surface area contributed by atoms with Gasteiger partial charge in [-0.3, -0.25) is 9.69 Å². The highest BCUT2D eigenvalue weighted by molar-refractivity contribution is 6.30. The maximum Gasteiger partial charge on any atom is 0.260 e. The molecule has 0 N–H and O–H groups in total. The Morgan fingerprint density at radius 1 is 1.23 bits per heavy atom. The van der Waals surface area contributed by atoms with Crippen LogP contribution >= 0.6 is 11.6 Å². The van der Waals surface area contributed by atoms with Crippen LogP contribution in [0.25, 0.3) is 0 Å². The van der Waals surface area contributed by atoms with E-state index in [1.54, 1.807) is 4.90 Å². The first-order valence-electron chi connectivity index (χ1n) is 8.74. The third kappa shape index (κ3) is 4.93. The Morgan fingerprint density at radius 2 is 1.92 bits per heavy atom. The van der Waals surface area contributed by atoms with E-state index < -0.39 is 0 Å². The van der Waals surface area contributed by atoms with Crippen LogP contribution in [0.15, 0.2) is 42.7 Å². The lowest BCUT2D eigenvalue weighted by Crippen LogP contribution is -2.46. The van der Waals surface area contributed by atoms with Crippen molar-refractivity contribution in [2.45, 2.75) is 25.4 Å². The Hall–Kier alpha value is -2.18. The molecule has 6 nitrogen and oxygen atoms in total. The number of likely N-dealkylation sites (tertiary alicyclic amines) is 1. The molecule has 0 unspecified atom stereocenters. The van der Waals surface area contributed by atoms with Crippen molar-refractivity contribution in [1.29, 1.82) is 0 Å². The highest BCUT2D eigenvalue weighted by atomic mass is 35.5. The molecule has 1 aromatic heterocycles. The average Bonchev–Trinajstić information content (AvgIpc) is 2.68. The molecule has 1 aliphatic rings. The van der Waals surface area contributed by atoms with Crippen LogP contribution in [-0.2, 0) is 11.3 Å². The fourth-order valence-electron chi connectivity index (χ4n) is 3.15. The molecule has 1 saturated heterocycles. The molecule has 1 aliphatic heterocycles. The minimum Gasteiger partial charge on any atom is -0.465 e. The largest absolute Gasteiger partial charge is 0.465 e. The van der Waals surface area contributed by atoms with Gasteiger partial charge < -0.3 is 9.64 Å². The molecule has 0 bridgehead atoms. The minimum atomic E-state index is -0.0842. The lowest BCUT2D eigenvalue weighted by molar-refractivity contribution is -0.135. The van der Waals surface area contributed by atoms with Crippen LogP contribution in [0.4, 0.5) is 0 Å². The van der Waals surface area contributed by atoms with Gasteiger partial charge in [0.1, 0.15) is 0 Å². The number of hydrogen-bond acceptors (Lipinski definition) is 5. The third-order valence-corrected chi connectivity index (χ3v) is 4.96. The van der Waals surface area contributed by atoms with Gasteiger partial charge in [0, 0.05) is 45.1 Å². The molecule has 0 aliphatic carbocycles. The first-order chi connectivity index (χ1) is 12.6. The van der Waals surface area contributed by atoms with Crippen LogP contribution in [0.5, 0.6) is 5.88 Å². The van der Waals surface area contributed by atoms with Crippen LogP contribution in [-0.4, -0.2) is 58.5 Å². The Balaban J connectivity index is 1.44. The second-order valence-electron chi connectivity index (χ2n) is 6.44. The standard InChI is InChI=1S/C19H23ClN4O2/c1-23(17(25)14-26-19-18(20)21-9-10-22-19)16-7-11-24(12-8-16)13-15-5-3-2-4-6-15/h2-6,9-10,16H,7-8,11-14H2,1H3. The normalized spacial score (nSPS) is 15.6. The smallest absolute Gasteiger partial charge is 0.260 e. The van der Waals surface area contributed by atoms with Gasteiger partial charge in [-0.1, -0.05) is 41.9 Å². The van der Waals surface area contributed by atoms with Crippen molar-refractivity contribution in [2.75, 3.05) is 26.7 Å². The van der Waals surface area contributed by atoms with E-state index in [0.29, 0.717) is 0 Å². The molecule has 0 spiro atoms. The van der Waals surface area contributed by atoms with Crippen LogP contribution in [0.3, 0.4) is 0 Å². The van der Waals surface area contributed by atoms with Crippen molar-refractivity contribution >= 4 is 17.5 Å². The number of piperidine rings is 1. The fraction of sp³-hybridized carbons (Fsp3) is 0.421. The first-order valence-corrected chi connectivity index (χ1v) is 9.12. The summed E-state index contributed by atoms with van der Waals surface area (Å²) in [7, 11) is 1.83. The van der Waals surface area contributed by atoms with E-state index in [2.05, 4.69) is 39.1 Å². The summed E-state index contributed by atoms with van der Waals surface area (Å²) in [6.07, 6.45) is 4.88. The summed E-state index contributed by atoms with van der Waals surface area (Å²) in [5, 5.41) is 0.164. The summed E-state index contributed by atoms with van der Waals surface area (Å²) in [6.45, 7) is 2.83. The molecule has 0 saturated carbocycles. The lowest BCUT2D eigenvalue weighted by atomic mass is 10.0. The molecular formula is C19H23ClN4O2. The number of ether oxygens (including phenoxy) is 1. The van der Waals surface area contributed by atoms with Crippen molar-refractivity contribution < 1.29 is 9.53 Å². The molecular weight excluding hydrogens is 352 g/mol. The van der Waals surface area contributed by atoms with E-state index in [0.717, 1.165) is 32.5 Å². The summed E-state index contributed by atoms with van der Waals surface area (Å²) in [5.74, 6) is 0.113. The number of amides is 1. The molecule has 1 aromatic carbocycles. The Labute approximate surface area is 158 Å². The van der Waals surface area contributed by atoms with Gasteiger partial charge in [0.25, 0.3) is 11.8 Å². The van der Waals surface area contributed by atoms with Gasteiger partial charge in [-0.2, -0.15) is 0 Å². The van der Waals surface area contributed by atoms with Gasteiger partial charge in [-0.25, -0.2) is 9.97 Å². The van der Waals surface area contributed by atoms with Gasteiger partial charge in [-0.15, -0.1) is 0 Å². The Kier molecular flexibility index (Phi) is 6.41. The molecule has 138 valence electrons. The van der Waals surface area contributed by atoms with Crippen LogP contribution in [0.1, 0.15) is 18.4 Å². The van der Waals surface area contributed by atoms with E-state index in [1.165, 1.54) is 18.0 Å². The van der Waals surface area contributed by atoms with Crippen LogP contribution in [0, 0.1) is 0 Å². The zero-order chi connectivity index (χ0) is 18.4. The summed E-state index contributed by atoms with van der Waals surface area (Å²) < 4.78 is 5.40. The second-order valence-corrected chi connectivity index (χ2v) is 6.80. The van der Waals surface area contributed by atoms with Gasteiger partial charge in [0.2, 0.25) is 0 Å². The van der Waals surface area contributed by atoms with Gasteiger partial charge in [0.05, 0.1) is 0 Å². The molecule has 7 heteroatoms. The SMILES string of the molecule is CN(C(=O)COc1nccnc1Cl)C1CCN(Cc2ccccc2)CC1. The number of aromatic nitrogens is 2. The topological polar surface area (TPSA) is 58.6 Å². The molecule has 26 heavy (non-hydrogen) atoms. The van der Waals surface area contributed by atoms with E-state index >= 15 is 0 Å². The zero-order valence-corrected chi connectivity index (χ0v) is 15.6. The molecule has 0 atom stereocenters. The quantitative estimate of drug-likeness (QED) is 0.778. The maximum atomic E-state index is 12.4. The Bertz CT molecular complexity index is 720. The van der Waals surface area contributed by atoms with E-state index in [9.17, 15) is 4.79 Å². The number of halogens is 1. The number of nitrogens with zero attached hydrogens (tertiary/aromatic N) is 4. The van der Waals surface area contributed by atoms with E-state index in [1.807, 2.05) is 13.1 Å². The molecule has 2 heterocycles. The number of benzene rings is 1. The number of rotatable bonds is 6. The second kappa shape index (κ2) is 8.96. The highest BCUT2D eigenvalue weighted by Crippen LogP contribution is 2.19. The molecule has 1 amide bonds. The van der Waals surface area contributed by atoms with Crippen LogP contribution in [0.2, 0.25) is 5.15 Å². The van der Waals surface area contributed by atoms with Crippen molar-refractivity contribution in [2.24, 2.45) is 0 Å². The predicted octanol–water partition coefficient (Wildman–Crippen LogP) is 2.63. The van der Waals surface area contributed by atoms with Crippen molar-refractivity contribution in [3.8, 4) is 5.88 Å². The molecule has 3 rings (SSSR count). The summed E-state index contributed by atoms with van der Waals surface area (Å²) in [4.78, 5) is 24.5. The zero-order valence-electron chi connectivity index (χ0n) is 14.8. The van der Waals surface area contributed by atoms with E-state index in [4.69, 9.17) is 16.3 Å². The summed E-state index contributed by atoms with van der Waals surface area (Å²) >= 11 is 5.89. The molecule has 1 fully saturated rings. The maximum absolute atomic E-state index is 12.4. The predicted molar refractivity (Wildman–Crippen MR) is 100 cm³/mol. The summed E-state index contributed by atoms with van der Waals surface area (Å²) in [6, 6.07) is 10.7. The molecule has 0 radical (unpaired) electrons. The number of carbonyl (C=O) groups is 1. The van der Waals surface area contributed by atoms with Crippen molar-refractivity contribution in [3.05, 3.63) is 53.4 Å². The van der Waals surface area contributed by atoms with Crippen molar-refractivity contribution in [1.82, 2.24) is 19.8 Å². The highest BCUT2D eigenvalue weighted by Gasteiger charge is 2.25. The van der Waals surface area contributed by atoms with Gasteiger partial charge in [0.15, 0.2) is 11.8 Å². The monoisotopic (exact) mass is 374 g/mol. The number of carbonyl (C=O) groups excluding carboxylic acids is 1. The number of likely N-dealkylation sites (N-methyl/N-ethyl adjacent to an activating group) is 1. The third-order valence-electron chi connectivity index (χ3n) is 4.70. The Morgan fingerprint density at radius 3 is 2.62 bits per heavy atom. The minimum absolute atomic E-state index is 0.0757. The number of hydrogen-bond donors (Lipinski definition) is 0. The van der Waals surface area contributed by atoms with Gasteiger partial charge >= 0.3 is 0 Å². The first kappa shape index (κ1) is 18.6. The molecule has 2 aromatic rings.